The van der Waals surface area contributed by atoms with Crippen LogP contribution in [0.1, 0.15) is 38.5 Å². The van der Waals surface area contributed by atoms with Gasteiger partial charge in [-0.05, 0) is 24.2 Å². The van der Waals surface area contributed by atoms with Crippen LogP contribution in [0.3, 0.4) is 0 Å². The van der Waals surface area contributed by atoms with Crippen molar-refractivity contribution in [2.45, 2.75) is 40.0 Å². The molecule has 1 amide bonds. The van der Waals surface area contributed by atoms with Gasteiger partial charge in [0, 0.05) is 30.6 Å². The molecule has 1 saturated heterocycles. The maximum Gasteiger partial charge on any atom is 0.222 e. The van der Waals surface area contributed by atoms with E-state index in [1.807, 2.05) is 16.6 Å². The van der Waals surface area contributed by atoms with Crippen molar-refractivity contribution in [1.82, 2.24) is 9.88 Å². The molecule has 2 rings (SSSR count). The molecule has 18 heavy (non-hydrogen) atoms. The molecule has 0 aliphatic carbocycles. The fourth-order valence-electron chi connectivity index (χ4n) is 2.45. The van der Waals surface area contributed by atoms with Crippen LogP contribution < -0.4 is 0 Å². The van der Waals surface area contributed by atoms with Crippen LogP contribution in [0.4, 0.5) is 0 Å². The minimum Gasteiger partial charge on any atom is -0.342 e. The van der Waals surface area contributed by atoms with Gasteiger partial charge < -0.3 is 4.90 Å². The molecule has 0 aromatic carbocycles. The highest BCUT2D eigenvalue weighted by Crippen LogP contribution is 2.33. The number of aromatic nitrogens is 1. The molecule has 1 fully saturated rings. The molecule has 0 saturated carbocycles. The first kappa shape index (κ1) is 13.5. The van der Waals surface area contributed by atoms with Crippen molar-refractivity contribution in [2.24, 2.45) is 11.3 Å². The first-order valence-corrected chi connectivity index (χ1v) is 7.50. The van der Waals surface area contributed by atoms with Crippen LogP contribution in [0, 0.1) is 11.3 Å². The first-order chi connectivity index (χ1) is 8.47. The van der Waals surface area contributed by atoms with Gasteiger partial charge in [0.15, 0.2) is 0 Å². The number of nitrogens with zero attached hydrogens (tertiary/aromatic N) is 2. The molecular formula is C14H22N2OS. The SMILES string of the molecule is CC(C)(C)C1CCN(C(=O)CCc2cncs2)C1. The van der Waals surface area contributed by atoms with Crippen LogP contribution in [-0.2, 0) is 11.2 Å². The van der Waals surface area contributed by atoms with Crippen molar-refractivity contribution in [3.8, 4) is 0 Å². The monoisotopic (exact) mass is 266 g/mol. The summed E-state index contributed by atoms with van der Waals surface area (Å²) in [6.45, 7) is 8.67. The van der Waals surface area contributed by atoms with Crippen LogP contribution in [0.5, 0.6) is 0 Å². The van der Waals surface area contributed by atoms with E-state index in [0.29, 0.717) is 23.7 Å². The van der Waals surface area contributed by atoms with Crippen molar-refractivity contribution in [2.75, 3.05) is 13.1 Å². The Morgan fingerprint density at radius 2 is 2.33 bits per heavy atom. The highest BCUT2D eigenvalue weighted by Gasteiger charge is 2.33. The van der Waals surface area contributed by atoms with E-state index in [-0.39, 0.29) is 0 Å². The summed E-state index contributed by atoms with van der Waals surface area (Å²) in [6.07, 6.45) is 4.47. The molecule has 1 atom stereocenters. The van der Waals surface area contributed by atoms with E-state index in [1.54, 1.807) is 11.3 Å². The number of amides is 1. The summed E-state index contributed by atoms with van der Waals surface area (Å²) in [5.41, 5.74) is 2.14. The molecule has 0 bridgehead atoms. The van der Waals surface area contributed by atoms with Gasteiger partial charge in [0.1, 0.15) is 0 Å². The lowest BCUT2D eigenvalue weighted by Gasteiger charge is -2.27. The Morgan fingerprint density at radius 3 is 2.89 bits per heavy atom. The van der Waals surface area contributed by atoms with E-state index < -0.39 is 0 Å². The zero-order valence-corrected chi connectivity index (χ0v) is 12.3. The molecular weight excluding hydrogens is 244 g/mol. The number of hydrogen-bond acceptors (Lipinski definition) is 3. The molecule has 1 aliphatic rings. The number of rotatable bonds is 3. The summed E-state index contributed by atoms with van der Waals surface area (Å²) in [7, 11) is 0. The Hall–Kier alpha value is -0.900. The Labute approximate surface area is 113 Å². The summed E-state index contributed by atoms with van der Waals surface area (Å²) in [5, 5.41) is 0. The van der Waals surface area contributed by atoms with Gasteiger partial charge >= 0.3 is 0 Å². The van der Waals surface area contributed by atoms with Crippen LogP contribution in [-0.4, -0.2) is 28.9 Å². The molecule has 0 N–H and O–H groups in total. The fourth-order valence-corrected chi connectivity index (χ4v) is 3.05. The summed E-state index contributed by atoms with van der Waals surface area (Å²) in [4.78, 5) is 19.4. The Morgan fingerprint density at radius 1 is 1.56 bits per heavy atom. The third-order valence-corrected chi connectivity index (χ3v) is 4.67. The van der Waals surface area contributed by atoms with E-state index in [4.69, 9.17) is 0 Å². The smallest absolute Gasteiger partial charge is 0.222 e. The van der Waals surface area contributed by atoms with Crippen LogP contribution in [0.2, 0.25) is 0 Å². The summed E-state index contributed by atoms with van der Waals surface area (Å²) >= 11 is 1.63. The Kier molecular flexibility index (Phi) is 4.05. The number of carbonyl (C=O) groups is 1. The second kappa shape index (κ2) is 5.39. The molecule has 3 nitrogen and oxygen atoms in total. The molecule has 1 aromatic rings. The maximum atomic E-state index is 12.1. The number of thiazole rings is 1. The van der Waals surface area contributed by atoms with Crippen molar-refractivity contribution >= 4 is 17.2 Å². The van der Waals surface area contributed by atoms with Crippen LogP contribution >= 0.6 is 11.3 Å². The van der Waals surface area contributed by atoms with Gasteiger partial charge in [0.25, 0.3) is 0 Å². The molecule has 0 radical (unpaired) electrons. The average Bonchev–Trinajstić information content (AvgIpc) is 2.96. The quantitative estimate of drug-likeness (QED) is 0.842. The van der Waals surface area contributed by atoms with E-state index >= 15 is 0 Å². The summed E-state index contributed by atoms with van der Waals surface area (Å²) in [5.74, 6) is 0.944. The van der Waals surface area contributed by atoms with E-state index in [9.17, 15) is 4.79 Å². The first-order valence-electron chi connectivity index (χ1n) is 6.62. The van der Waals surface area contributed by atoms with Gasteiger partial charge in [-0.2, -0.15) is 0 Å². The highest BCUT2D eigenvalue weighted by molar-refractivity contribution is 7.09. The maximum absolute atomic E-state index is 12.1. The molecule has 4 heteroatoms. The van der Waals surface area contributed by atoms with Crippen molar-refractivity contribution in [1.29, 1.82) is 0 Å². The lowest BCUT2D eigenvalue weighted by molar-refractivity contribution is -0.130. The standard InChI is InChI=1S/C14H22N2OS/c1-14(2,3)11-6-7-16(9-11)13(17)5-4-12-8-15-10-18-12/h8,10-11H,4-7,9H2,1-3H3. The molecule has 1 unspecified atom stereocenters. The minimum absolute atomic E-state index is 0.301. The normalized spacial score (nSPS) is 20.4. The number of aryl methyl sites for hydroxylation is 1. The van der Waals surface area contributed by atoms with E-state index in [0.717, 1.165) is 25.9 Å². The van der Waals surface area contributed by atoms with Crippen LogP contribution in [0.25, 0.3) is 0 Å². The summed E-state index contributed by atoms with van der Waals surface area (Å²) < 4.78 is 0. The van der Waals surface area contributed by atoms with Gasteiger partial charge in [-0.3, -0.25) is 9.78 Å². The van der Waals surface area contributed by atoms with Crippen molar-refractivity contribution in [3.63, 3.8) is 0 Å². The zero-order valence-electron chi connectivity index (χ0n) is 11.5. The highest BCUT2D eigenvalue weighted by atomic mass is 32.1. The van der Waals surface area contributed by atoms with Gasteiger partial charge in [0.2, 0.25) is 5.91 Å². The van der Waals surface area contributed by atoms with Crippen molar-refractivity contribution < 1.29 is 4.79 Å². The number of hydrogen-bond donors (Lipinski definition) is 0. The van der Waals surface area contributed by atoms with Crippen molar-refractivity contribution in [3.05, 3.63) is 16.6 Å². The molecule has 1 aromatic heterocycles. The van der Waals surface area contributed by atoms with Gasteiger partial charge in [0.05, 0.1) is 5.51 Å². The topological polar surface area (TPSA) is 33.2 Å². The third kappa shape index (κ3) is 3.31. The fraction of sp³-hybridized carbons (Fsp3) is 0.714. The lowest BCUT2D eigenvalue weighted by atomic mass is 9.80. The molecule has 100 valence electrons. The number of carbonyl (C=O) groups excluding carboxylic acids is 1. The Bertz CT molecular complexity index is 394. The van der Waals surface area contributed by atoms with Crippen LogP contribution in [0.15, 0.2) is 11.7 Å². The van der Waals surface area contributed by atoms with E-state index in [1.165, 1.54) is 4.88 Å². The molecule has 0 spiro atoms. The predicted molar refractivity (Wildman–Crippen MR) is 74.6 cm³/mol. The third-order valence-electron chi connectivity index (χ3n) is 3.83. The predicted octanol–water partition coefficient (Wildman–Crippen LogP) is 2.97. The second-order valence-electron chi connectivity index (χ2n) is 6.16. The van der Waals surface area contributed by atoms with Gasteiger partial charge in [-0.15, -0.1) is 11.3 Å². The number of likely N-dealkylation sites (tertiary alicyclic amines) is 1. The minimum atomic E-state index is 0.301. The zero-order chi connectivity index (χ0) is 13.2. The van der Waals surface area contributed by atoms with Gasteiger partial charge in [-0.1, -0.05) is 20.8 Å². The lowest BCUT2D eigenvalue weighted by Crippen LogP contribution is -2.31. The molecule has 1 aliphatic heterocycles. The average molecular weight is 266 g/mol. The molecule has 2 heterocycles. The summed E-state index contributed by atoms with van der Waals surface area (Å²) in [6, 6.07) is 0. The van der Waals surface area contributed by atoms with E-state index in [2.05, 4.69) is 25.8 Å². The Balaban J connectivity index is 1.81. The second-order valence-corrected chi connectivity index (χ2v) is 7.13. The van der Waals surface area contributed by atoms with Gasteiger partial charge in [-0.25, -0.2) is 0 Å². The largest absolute Gasteiger partial charge is 0.342 e.